The second-order valence-electron chi connectivity index (χ2n) is 2.96. The Labute approximate surface area is 93.5 Å². The van der Waals surface area contributed by atoms with E-state index in [1.807, 2.05) is 0 Å². The van der Waals surface area contributed by atoms with Gasteiger partial charge in [0.05, 0.1) is 0 Å². The second-order valence-corrected chi connectivity index (χ2v) is 3.34. The highest BCUT2D eigenvalue weighted by molar-refractivity contribution is 6.29. The van der Waals surface area contributed by atoms with Gasteiger partial charge >= 0.3 is 6.18 Å². The zero-order valence-electron chi connectivity index (χ0n) is 7.74. The van der Waals surface area contributed by atoms with Gasteiger partial charge in [-0.05, 0) is 18.2 Å². The van der Waals surface area contributed by atoms with Gasteiger partial charge in [-0.15, -0.1) is 0 Å². The van der Waals surface area contributed by atoms with E-state index in [1.54, 1.807) is 0 Å². The molecule has 7 heteroatoms. The van der Waals surface area contributed by atoms with Crippen LogP contribution in [-0.4, -0.2) is 14.8 Å². The molecule has 0 bridgehead atoms. The lowest BCUT2D eigenvalue weighted by molar-refractivity contribution is -0.137. The molecule has 0 saturated heterocycles. The molecule has 0 saturated carbocycles. The molecule has 2 rings (SSSR count). The van der Waals surface area contributed by atoms with Gasteiger partial charge in [0.25, 0.3) is 0 Å². The Bertz CT molecular complexity index is 507. The fourth-order valence-corrected chi connectivity index (χ4v) is 1.36. The largest absolute Gasteiger partial charge is 0.420 e. The fraction of sp³-hybridized carbons (Fsp3) is 0.111. The molecule has 2 aromatic heterocycles. The molecule has 3 nitrogen and oxygen atoms in total. The van der Waals surface area contributed by atoms with Crippen LogP contribution in [0, 0.1) is 0 Å². The molecule has 0 atom stereocenters. The lowest BCUT2D eigenvalue weighted by atomic mass is 10.2. The van der Waals surface area contributed by atoms with Crippen molar-refractivity contribution >= 4 is 11.6 Å². The van der Waals surface area contributed by atoms with Gasteiger partial charge in [-0.3, -0.25) is 0 Å². The third-order valence-corrected chi connectivity index (χ3v) is 2.07. The zero-order valence-corrected chi connectivity index (χ0v) is 8.50. The monoisotopic (exact) mass is 247 g/mol. The van der Waals surface area contributed by atoms with E-state index in [2.05, 4.69) is 10.1 Å². The predicted molar refractivity (Wildman–Crippen MR) is 51.4 cm³/mol. The van der Waals surface area contributed by atoms with E-state index in [0.717, 1.165) is 10.7 Å². The van der Waals surface area contributed by atoms with Gasteiger partial charge < -0.3 is 0 Å². The van der Waals surface area contributed by atoms with Crippen LogP contribution < -0.4 is 0 Å². The Hall–Kier alpha value is -1.56. The Balaban J connectivity index is 2.57. The third kappa shape index (κ3) is 2.01. The maximum atomic E-state index is 12.6. The molecule has 0 aliphatic heterocycles. The molecule has 2 aromatic rings. The van der Waals surface area contributed by atoms with Crippen LogP contribution in [0.15, 0.2) is 30.6 Å². The van der Waals surface area contributed by atoms with Crippen molar-refractivity contribution in [2.24, 2.45) is 0 Å². The Morgan fingerprint density at radius 2 is 2.00 bits per heavy atom. The molecule has 84 valence electrons. The maximum absolute atomic E-state index is 12.6. The Morgan fingerprint density at radius 1 is 1.25 bits per heavy atom. The molecule has 0 aliphatic rings. The van der Waals surface area contributed by atoms with Crippen LogP contribution in [0.3, 0.4) is 0 Å². The van der Waals surface area contributed by atoms with Crippen molar-refractivity contribution in [1.29, 1.82) is 0 Å². The first-order valence-corrected chi connectivity index (χ1v) is 4.60. The van der Waals surface area contributed by atoms with E-state index in [0.29, 0.717) is 0 Å². The number of aromatic nitrogens is 3. The highest BCUT2D eigenvalue weighted by Crippen LogP contribution is 2.32. The number of halogens is 4. The lowest BCUT2D eigenvalue weighted by Crippen LogP contribution is -2.12. The summed E-state index contributed by atoms with van der Waals surface area (Å²) in [7, 11) is 0. The molecule has 0 aromatic carbocycles. The normalized spacial score (nSPS) is 11.8. The van der Waals surface area contributed by atoms with Crippen molar-refractivity contribution in [3.8, 4) is 5.82 Å². The van der Waals surface area contributed by atoms with Gasteiger partial charge in [0.2, 0.25) is 0 Å². The summed E-state index contributed by atoms with van der Waals surface area (Å²) in [5, 5.41) is 3.78. The van der Waals surface area contributed by atoms with Crippen molar-refractivity contribution in [2.75, 3.05) is 0 Å². The average Bonchev–Trinajstić information content (AvgIpc) is 2.64. The number of alkyl halides is 3. The summed E-state index contributed by atoms with van der Waals surface area (Å²) in [6.45, 7) is 0. The molecule has 2 heterocycles. The summed E-state index contributed by atoms with van der Waals surface area (Å²) < 4.78 is 38.9. The summed E-state index contributed by atoms with van der Waals surface area (Å²) in [5.41, 5.74) is -0.852. The molecular weight excluding hydrogens is 243 g/mol. The molecule has 0 radical (unpaired) electrons. The van der Waals surface area contributed by atoms with Gasteiger partial charge in [-0.2, -0.15) is 18.3 Å². The molecule has 0 aliphatic carbocycles. The van der Waals surface area contributed by atoms with Gasteiger partial charge in [-0.25, -0.2) is 9.67 Å². The second kappa shape index (κ2) is 3.79. The standard InChI is InChI=1S/C9H5ClF3N3/c10-7-3-5-16(15-7)8-6(9(11,12)13)2-1-4-14-8/h1-5H. The van der Waals surface area contributed by atoms with Crippen LogP contribution in [0.4, 0.5) is 13.2 Å². The van der Waals surface area contributed by atoms with Crippen molar-refractivity contribution in [1.82, 2.24) is 14.8 Å². The fourth-order valence-electron chi connectivity index (χ4n) is 1.22. The van der Waals surface area contributed by atoms with Crippen LogP contribution in [0.25, 0.3) is 5.82 Å². The average molecular weight is 248 g/mol. The first-order valence-electron chi connectivity index (χ1n) is 4.22. The molecule has 0 spiro atoms. The van der Waals surface area contributed by atoms with Crippen molar-refractivity contribution in [3.63, 3.8) is 0 Å². The van der Waals surface area contributed by atoms with E-state index in [-0.39, 0.29) is 11.0 Å². The summed E-state index contributed by atoms with van der Waals surface area (Å²) in [6, 6.07) is 3.55. The first-order chi connectivity index (χ1) is 7.48. The zero-order chi connectivity index (χ0) is 11.8. The minimum Gasteiger partial charge on any atom is -0.237 e. The van der Waals surface area contributed by atoms with E-state index in [9.17, 15) is 13.2 Å². The van der Waals surface area contributed by atoms with Crippen LogP contribution in [-0.2, 0) is 6.18 Å². The number of nitrogens with zero attached hydrogens (tertiary/aromatic N) is 3. The summed E-state index contributed by atoms with van der Waals surface area (Å²) in [5.74, 6) is -0.290. The predicted octanol–water partition coefficient (Wildman–Crippen LogP) is 2.94. The highest BCUT2D eigenvalue weighted by Gasteiger charge is 2.34. The van der Waals surface area contributed by atoms with Gasteiger partial charge in [0, 0.05) is 12.4 Å². The number of hydrogen-bond donors (Lipinski definition) is 0. The lowest BCUT2D eigenvalue weighted by Gasteiger charge is -2.10. The molecule has 0 fully saturated rings. The SMILES string of the molecule is FC(F)(F)c1cccnc1-n1ccc(Cl)n1. The van der Waals surface area contributed by atoms with Gasteiger partial charge in [0.1, 0.15) is 5.56 Å². The minimum absolute atomic E-state index is 0.110. The third-order valence-electron chi connectivity index (χ3n) is 1.87. The van der Waals surface area contributed by atoms with Crippen LogP contribution >= 0.6 is 11.6 Å². The van der Waals surface area contributed by atoms with Crippen LogP contribution in [0.2, 0.25) is 5.15 Å². The highest BCUT2D eigenvalue weighted by atomic mass is 35.5. The molecule has 0 N–H and O–H groups in total. The van der Waals surface area contributed by atoms with Crippen molar-refractivity contribution in [2.45, 2.75) is 6.18 Å². The number of pyridine rings is 1. The van der Waals surface area contributed by atoms with Crippen LogP contribution in [0.1, 0.15) is 5.56 Å². The smallest absolute Gasteiger partial charge is 0.237 e. The van der Waals surface area contributed by atoms with E-state index >= 15 is 0 Å². The topological polar surface area (TPSA) is 30.7 Å². The van der Waals surface area contributed by atoms with E-state index < -0.39 is 11.7 Å². The number of rotatable bonds is 1. The van der Waals surface area contributed by atoms with E-state index in [1.165, 1.54) is 24.5 Å². The van der Waals surface area contributed by atoms with Crippen LogP contribution in [0.5, 0.6) is 0 Å². The van der Waals surface area contributed by atoms with E-state index in [4.69, 9.17) is 11.6 Å². The quantitative estimate of drug-likeness (QED) is 0.776. The molecule has 16 heavy (non-hydrogen) atoms. The molecular formula is C9H5ClF3N3. The summed E-state index contributed by atoms with van der Waals surface area (Å²) in [6.07, 6.45) is -1.89. The van der Waals surface area contributed by atoms with Gasteiger partial charge in [-0.1, -0.05) is 11.6 Å². The van der Waals surface area contributed by atoms with Crippen molar-refractivity contribution in [3.05, 3.63) is 41.3 Å². The Kier molecular flexibility index (Phi) is 2.59. The van der Waals surface area contributed by atoms with Crippen molar-refractivity contribution < 1.29 is 13.2 Å². The number of hydrogen-bond acceptors (Lipinski definition) is 2. The van der Waals surface area contributed by atoms with Gasteiger partial charge in [0.15, 0.2) is 11.0 Å². The first kappa shape index (κ1) is 10.9. The molecule has 0 unspecified atom stereocenters. The summed E-state index contributed by atoms with van der Waals surface area (Å²) >= 11 is 5.54. The summed E-state index contributed by atoms with van der Waals surface area (Å²) in [4.78, 5) is 3.65. The minimum atomic E-state index is -4.47. The molecule has 0 amide bonds. The maximum Gasteiger partial charge on any atom is 0.420 e. The Morgan fingerprint density at radius 3 is 2.56 bits per heavy atom.